The fourth-order valence-corrected chi connectivity index (χ4v) is 2.72. The Morgan fingerprint density at radius 1 is 1.06 bits per heavy atom. The van der Waals surface area contributed by atoms with Gasteiger partial charge in [0, 0.05) is 0 Å². The third kappa shape index (κ3) is 3.93. The third-order valence-electron chi connectivity index (χ3n) is 3.75. The minimum Gasteiger partial charge on any atom is -1.00 e. The van der Waals surface area contributed by atoms with Crippen LogP contribution in [0.15, 0.2) is 24.3 Å². The van der Waals surface area contributed by atoms with Gasteiger partial charge in [-0.1, -0.05) is 31.4 Å². The van der Waals surface area contributed by atoms with Gasteiger partial charge in [0.2, 0.25) is 0 Å². The van der Waals surface area contributed by atoms with Crippen LogP contribution >= 0.6 is 0 Å². The van der Waals surface area contributed by atoms with Crippen molar-refractivity contribution in [1.82, 2.24) is 0 Å². The molecule has 0 saturated heterocycles. The van der Waals surface area contributed by atoms with Gasteiger partial charge in [-0.2, -0.15) is 6.42 Å². The summed E-state index contributed by atoms with van der Waals surface area (Å²) in [6.07, 6.45) is 7.26. The summed E-state index contributed by atoms with van der Waals surface area (Å²) in [5.41, 5.74) is 1.50. The van der Waals surface area contributed by atoms with Crippen LogP contribution in [0.3, 0.4) is 0 Å². The van der Waals surface area contributed by atoms with E-state index in [0.717, 1.165) is 6.42 Å². The summed E-state index contributed by atoms with van der Waals surface area (Å²) in [4.78, 5) is 0. The summed E-state index contributed by atoms with van der Waals surface area (Å²) < 4.78 is 12.9. The Balaban J connectivity index is 0.00000128. The quantitative estimate of drug-likeness (QED) is 0.562. The standard InChI is InChI=1S/C14H18F.BrH.Mg/c1-2-14(10-4-3-5-11-14)12-6-8-13(15)9-7-12;;/h6-9H,1-5,10-11H2;1H;/q-1;;+2/p-1. The Morgan fingerprint density at radius 3 is 2.06 bits per heavy atom. The van der Waals surface area contributed by atoms with Gasteiger partial charge in [0.25, 0.3) is 0 Å². The molecule has 1 aliphatic rings. The molecule has 0 radical (unpaired) electrons. The van der Waals surface area contributed by atoms with E-state index in [1.807, 2.05) is 12.1 Å². The Morgan fingerprint density at radius 2 is 1.59 bits per heavy atom. The van der Waals surface area contributed by atoms with Gasteiger partial charge in [0.1, 0.15) is 5.82 Å². The van der Waals surface area contributed by atoms with Crippen molar-refractivity contribution in [3.63, 3.8) is 0 Å². The summed E-state index contributed by atoms with van der Waals surface area (Å²) in [5, 5.41) is 0. The molecule has 0 atom stereocenters. The van der Waals surface area contributed by atoms with Crippen LogP contribution in [0.5, 0.6) is 0 Å². The van der Waals surface area contributed by atoms with Crippen molar-refractivity contribution in [3.05, 3.63) is 42.6 Å². The van der Waals surface area contributed by atoms with Gasteiger partial charge in [-0.3, -0.25) is 0 Å². The molecule has 1 saturated carbocycles. The van der Waals surface area contributed by atoms with E-state index >= 15 is 0 Å². The van der Waals surface area contributed by atoms with E-state index in [0.29, 0.717) is 0 Å². The van der Waals surface area contributed by atoms with Gasteiger partial charge in [0.15, 0.2) is 0 Å². The van der Waals surface area contributed by atoms with Gasteiger partial charge in [-0.05, 0) is 36.0 Å². The molecule has 0 amide bonds. The maximum absolute atomic E-state index is 12.9. The predicted octanol–water partition coefficient (Wildman–Crippen LogP) is 0.875. The van der Waals surface area contributed by atoms with Crippen molar-refractivity contribution in [1.29, 1.82) is 0 Å². The van der Waals surface area contributed by atoms with Crippen molar-refractivity contribution in [2.24, 2.45) is 0 Å². The number of benzene rings is 1. The normalized spacial score (nSPS) is 17.8. The molecular formula is C14H18BrFMg. The molecular weight excluding hydrogens is 291 g/mol. The topological polar surface area (TPSA) is 0 Å². The Labute approximate surface area is 130 Å². The summed E-state index contributed by atoms with van der Waals surface area (Å²) >= 11 is 0. The van der Waals surface area contributed by atoms with Gasteiger partial charge >= 0.3 is 23.1 Å². The zero-order chi connectivity index (χ0) is 10.7. The van der Waals surface area contributed by atoms with Crippen LogP contribution < -0.4 is 17.0 Å². The first-order chi connectivity index (χ1) is 7.27. The average Bonchev–Trinajstić information content (AvgIpc) is 2.31. The van der Waals surface area contributed by atoms with Gasteiger partial charge in [-0.25, -0.2) is 4.39 Å². The zero-order valence-corrected chi connectivity index (χ0v) is 13.2. The minimum absolute atomic E-state index is 0. The first-order valence-electron chi connectivity index (χ1n) is 5.82. The van der Waals surface area contributed by atoms with E-state index in [1.54, 1.807) is 12.1 Å². The number of halogens is 2. The monoisotopic (exact) mass is 308 g/mol. The maximum Gasteiger partial charge on any atom is 2.00 e. The van der Waals surface area contributed by atoms with Gasteiger partial charge in [0.05, 0.1) is 0 Å². The molecule has 1 aromatic carbocycles. The van der Waals surface area contributed by atoms with Crippen molar-refractivity contribution in [2.75, 3.05) is 0 Å². The van der Waals surface area contributed by atoms with E-state index in [-0.39, 0.29) is 51.3 Å². The van der Waals surface area contributed by atoms with Crippen LogP contribution in [0.4, 0.5) is 4.39 Å². The van der Waals surface area contributed by atoms with Crippen LogP contribution in [-0.2, 0) is 5.41 Å². The van der Waals surface area contributed by atoms with E-state index in [1.165, 1.54) is 37.7 Å². The van der Waals surface area contributed by atoms with Crippen LogP contribution in [0.25, 0.3) is 0 Å². The van der Waals surface area contributed by atoms with Crippen molar-refractivity contribution in [3.8, 4) is 0 Å². The summed E-state index contributed by atoms with van der Waals surface area (Å²) in [6.45, 7) is 4.09. The van der Waals surface area contributed by atoms with Crippen molar-refractivity contribution >= 4 is 23.1 Å². The van der Waals surface area contributed by atoms with Crippen molar-refractivity contribution in [2.45, 2.75) is 43.9 Å². The molecule has 0 aromatic heterocycles. The smallest absolute Gasteiger partial charge is 1.00 e. The van der Waals surface area contributed by atoms with Gasteiger partial charge in [-0.15, -0.1) is 0 Å². The molecule has 0 heterocycles. The van der Waals surface area contributed by atoms with E-state index in [2.05, 4.69) is 6.92 Å². The second kappa shape index (κ2) is 7.75. The van der Waals surface area contributed by atoms with Crippen LogP contribution in [0, 0.1) is 12.7 Å². The second-order valence-corrected chi connectivity index (χ2v) is 4.60. The first kappa shape index (κ1) is 17.4. The molecule has 0 aliphatic heterocycles. The third-order valence-corrected chi connectivity index (χ3v) is 3.75. The van der Waals surface area contributed by atoms with Crippen LogP contribution in [0.2, 0.25) is 0 Å². The predicted molar refractivity (Wildman–Crippen MR) is 66.9 cm³/mol. The fourth-order valence-electron chi connectivity index (χ4n) is 2.72. The second-order valence-electron chi connectivity index (χ2n) is 4.60. The van der Waals surface area contributed by atoms with E-state index < -0.39 is 0 Å². The first-order valence-corrected chi connectivity index (χ1v) is 5.82. The fraction of sp³-hybridized carbons (Fsp3) is 0.500. The van der Waals surface area contributed by atoms with Crippen molar-refractivity contribution < 1.29 is 21.4 Å². The molecule has 2 rings (SSSR count). The molecule has 0 spiro atoms. The molecule has 0 unspecified atom stereocenters. The van der Waals surface area contributed by atoms with Gasteiger partial charge < -0.3 is 23.9 Å². The molecule has 0 bridgehead atoms. The number of hydrogen-bond acceptors (Lipinski definition) is 0. The molecule has 1 aromatic rings. The molecule has 1 fully saturated rings. The average molecular weight is 310 g/mol. The summed E-state index contributed by atoms with van der Waals surface area (Å²) in [5.74, 6) is -0.145. The minimum atomic E-state index is -0.145. The number of rotatable bonds is 2. The maximum atomic E-state index is 12.9. The molecule has 0 nitrogen and oxygen atoms in total. The molecule has 0 N–H and O–H groups in total. The SMILES string of the molecule is [Br-].[CH2-]CC1(c2ccc(F)cc2)CCCCC1.[Mg+2]. The zero-order valence-electron chi connectivity index (χ0n) is 10.2. The molecule has 1 aliphatic carbocycles. The molecule has 17 heavy (non-hydrogen) atoms. The Kier molecular flexibility index (Phi) is 7.93. The Bertz CT molecular complexity index is 317. The van der Waals surface area contributed by atoms with Crippen LogP contribution in [-0.4, -0.2) is 23.1 Å². The van der Waals surface area contributed by atoms with E-state index in [4.69, 9.17) is 0 Å². The van der Waals surface area contributed by atoms with Crippen LogP contribution in [0.1, 0.15) is 44.1 Å². The molecule has 3 heteroatoms. The molecule has 90 valence electrons. The number of hydrogen-bond donors (Lipinski definition) is 0. The largest absolute Gasteiger partial charge is 2.00 e. The summed E-state index contributed by atoms with van der Waals surface area (Å²) in [7, 11) is 0. The van der Waals surface area contributed by atoms with E-state index in [9.17, 15) is 4.39 Å². The summed E-state index contributed by atoms with van der Waals surface area (Å²) in [6, 6.07) is 7.01. The Hall–Kier alpha value is 0.396.